The highest BCUT2D eigenvalue weighted by molar-refractivity contribution is 8.00. The number of fused-ring (bicyclic) bond motifs is 1. The number of thioether (sulfide) groups is 1. The van der Waals surface area contributed by atoms with Crippen LogP contribution in [-0.4, -0.2) is 18.4 Å². The Bertz CT molecular complexity index is 462. The normalized spacial score (nSPS) is 21.0. The molecule has 106 valence electrons. The molecule has 19 heavy (non-hydrogen) atoms. The van der Waals surface area contributed by atoms with Gasteiger partial charge in [0.25, 0.3) is 0 Å². The lowest BCUT2D eigenvalue weighted by Crippen LogP contribution is -2.41. The molecule has 2 nitrogen and oxygen atoms in total. The molecular formula is C15H22FNOS. The second-order valence-electron chi connectivity index (χ2n) is 5.42. The Morgan fingerprint density at radius 2 is 2.21 bits per heavy atom. The summed E-state index contributed by atoms with van der Waals surface area (Å²) in [6.07, 6.45) is 1.04. The summed E-state index contributed by atoms with van der Waals surface area (Å²) < 4.78 is 19.7. The van der Waals surface area contributed by atoms with Gasteiger partial charge in [-0.25, -0.2) is 4.39 Å². The van der Waals surface area contributed by atoms with E-state index in [-0.39, 0.29) is 16.6 Å². The Morgan fingerprint density at radius 1 is 1.47 bits per heavy atom. The van der Waals surface area contributed by atoms with Gasteiger partial charge >= 0.3 is 0 Å². The number of benzene rings is 1. The smallest absolute Gasteiger partial charge is 0.128 e. The molecule has 0 spiro atoms. The summed E-state index contributed by atoms with van der Waals surface area (Å²) in [6, 6.07) is 3.27. The standard InChI is InChI=1S/C15H22FNOS/c1-5-8-17-14-13-10(9-19-15(14,2)3)12(18-4)7-6-11(13)16/h6-7,14,17H,5,8-9H2,1-4H3. The minimum atomic E-state index is -0.127. The Balaban J connectivity index is 2.48. The summed E-state index contributed by atoms with van der Waals surface area (Å²) >= 11 is 1.85. The van der Waals surface area contributed by atoms with E-state index in [0.717, 1.165) is 35.6 Å². The van der Waals surface area contributed by atoms with Crippen LogP contribution in [0.25, 0.3) is 0 Å². The van der Waals surface area contributed by atoms with E-state index >= 15 is 0 Å². The SMILES string of the molecule is CCCNC1c2c(F)ccc(OC)c2CSC1(C)C. The molecule has 1 heterocycles. The van der Waals surface area contributed by atoms with E-state index in [1.165, 1.54) is 6.07 Å². The van der Waals surface area contributed by atoms with Gasteiger partial charge < -0.3 is 10.1 Å². The van der Waals surface area contributed by atoms with Crippen LogP contribution >= 0.6 is 11.8 Å². The van der Waals surface area contributed by atoms with E-state index in [2.05, 4.69) is 26.1 Å². The molecule has 0 bridgehead atoms. The van der Waals surface area contributed by atoms with Crippen molar-refractivity contribution < 1.29 is 9.13 Å². The lowest BCUT2D eigenvalue weighted by Gasteiger charge is -2.40. The molecule has 1 unspecified atom stereocenters. The molecular weight excluding hydrogens is 261 g/mol. The molecule has 1 aliphatic heterocycles. The van der Waals surface area contributed by atoms with E-state index in [0.29, 0.717) is 0 Å². The van der Waals surface area contributed by atoms with Crippen LogP contribution in [0.1, 0.15) is 44.4 Å². The first-order chi connectivity index (χ1) is 9.01. The third-order valence-corrected chi connectivity index (χ3v) is 5.06. The van der Waals surface area contributed by atoms with Gasteiger partial charge in [0.15, 0.2) is 0 Å². The van der Waals surface area contributed by atoms with Gasteiger partial charge in [-0.3, -0.25) is 0 Å². The van der Waals surface area contributed by atoms with Gasteiger partial charge in [0.1, 0.15) is 11.6 Å². The zero-order valence-electron chi connectivity index (χ0n) is 12.0. The zero-order chi connectivity index (χ0) is 14.0. The summed E-state index contributed by atoms with van der Waals surface area (Å²) in [7, 11) is 1.65. The lowest BCUT2D eigenvalue weighted by atomic mass is 9.90. The van der Waals surface area contributed by atoms with Crippen molar-refractivity contribution >= 4 is 11.8 Å². The molecule has 1 atom stereocenters. The summed E-state index contributed by atoms with van der Waals surface area (Å²) in [6.45, 7) is 7.36. The van der Waals surface area contributed by atoms with Crippen molar-refractivity contribution in [1.29, 1.82) is 0 Å². The fourth-order valence-corrected chi connectivity index (χ4v) is 3.78. The number of hydrogen-bond acceptors (Lipinski definition) is 3. The van der Waals surface area contributed by atoms with E-state index in [1.54, 1.807) is 13.2 Å². The molecule has 1 N–H and O–H groups in total. The number of halogens is 1. The van der Waals surface area contributed by atoms with Crippen molar-refractivity contribution in [3.63, 3.8) is 0 Å². The Hall–Kier alpha value is -0.740. The third kappa shape index (κ3) is 2.75. The predicted molar refractivity (Wildman–Crippen MR) is 79.4 cm³/mol. The van der Waals surface area contributed by atoms with Crippen LogP contribution in [0.3, 0.4) is 0 Å². The predicted octanol–water partition coefficient (Wildman–Crippen LogP) is 3.90. The second kappa shape index (κ2) is 5.71. The largest absolute Gasteiger partial charge is 0.496 e. The van der Waals surface area contributed by atoms with Crippen LogP contribution in [0.2, 0.25) is 0 Å². The molecule has 0 fully saturated rings. The Morgan fingerprint density at radius 3 is 2.84 bits per heavy atom. The Kier molecular flexibility index (Phi) is 4.41. The van der Waals surface area contributed by atoms with Gasteiger partial charge in [-0.05, 0) is 38.9 Å². The molecule has 1 aliphatic rings. The maximum absolute atomic E-state index is 14.3. The highest BCUT2D eigenvalue weighted by atomic mass is 32.2. The molecule has 4 heteroatoms. The molecule has 2 rings (SSSR count). The summed E-state index contributed by atoms with van der Waals surface area (Å²) in [5, 5.41) is 3.49. The zero-order valence-corrected chi connectivity index (χ0v) is 12.9. The van der Waals surface area contributed by atoms with Gasteiger partial charge in [0.05, 0.1) is 7.11 Å². The topological polar surface area (TPSA) is 21.3 Å². The summed E-state index contributed by atoms with van der Waals surface area (Å²) in [5.41, 5.74) is 1.79. The van der Waals surface area contributed by atoms with Crippen molar-refractivity contribution in [1.82, 2.24) is 5.32 Å². The third-order valence-electron chi connectivity index (χ3n) is 3.65. The first-order valence-electron chi connectivity index (χ1n) is 6.74. The number of ether oxygens (including phenoxy) is 1. The van der Waals surface area contributed by atoms with Crippen molar-refractivity contribution in [2.75, 3.05) is 13.7 Å². The maximum atomic E-state index is 14.3. The highest BCUT2D eigenvalue weighted by Crippen LogP contribution is 2.48. The van der Waals surface area contributed by atoms with E-state index in [4.69, 9.17) is 4.74 Å². The van der Waals surface area contributed by atoms with Crippen molar-refractivity contribution in [3.05, 3.63) is 29.1 Å². The van der Waals surface area contributed by atoms with Crippen LogP contribution in [0.4, 0.5) is 4.39 Å². The van der Waals surface area contributed by atoms with Gasteiger partial charge in [-0.2, -0.15) is 0 Å². The fraction of sp³-hybridized carbons (Fsp3) is 0.600. The Labute approximate surface area is 119 Å². The summed E-state index contributed by atoms with van der Waals surface area (Å²) in [5.74, 6) is 1.47. The fourth-order valence-electron chi connectivity index (χ4n) is 2.59. The first kappa shape index (κ1) is 14.7. The first-order valence-corrected chi connectivity index (χ1v) is 7.72. The monoisotopic (exact) mass is 283 g/mol. The van der Waals surface area contributed by atoms with E-state index in [1.807, 2.05) is 11.8 Å². The number of methoxy groups -OCH3 is 1. The van der Waals surface area contributed by atoms with Crippen molar-refractivity contribution in [3.8, 4) is 5.75 Å². The van der Waals surface area contributed by atoms with E-state index in [9.17, 15) is 4.39 Å². The van der Waals surface area contributed by atoms with Gasteiger partial charge in [0, 0.05) is 27.7 Å². The average molecular weight is 283 g/mol. The number of rotatable bonds is 4. The van der Waals surface area contributed by atoms with Crippen molar-refractivity contribution in [2.45, 2.75) is 43.7 Å². The molecule has 1 aromatic carbocycles. The molecule has 0 aliphatic carbocycles. The van der Waals surface area contributed by atoms with Gasteiger partial charge in [-0.1, -0.05) is 6.92 Å². The molecule has 0 aromatic heterocycles. The van der Waals surface area contributed by atoms with Crippen LogP contribution in [0.5, 0.6) is 5.75 Å². The minimum absolute atomic E-state index is 0.0185. The van der Waals surface area contributed by atoms with Crippen LogP contribution in [0.15, 0.2) is 12.1 Å². The second-order valence-corrected chi connectivity index (χ2v) is 7.05. The van der Waals surface area contributed by atoms with E-state index < -0.39 is 0 Å². The molecule has 0 saturated carbocycles. The highest BCUT2D eigenvalue weighted by Gasteiger charge is 2.39. The summed E-state index contributed by atoms with van der Waals surface area (Å²) in [4.78, 5) is 0. The average Bonchev–Trinajstić information content (AvgIpc) is 2.38. The number of nitrogens with one attached hydrogen (secondary N) is 1. The van der Waals surface area contributed by atoms with Gasteiger partial charge in [0.2, 0.25) is 0 Å². The molecule has 0 radical (unpaired) electrons. The van der Waals surface area contributed by atoms with Crippen LogP contribution in [0, 0.1) is 5.82 Å². The van der Waals surface area contributed by atoms with Crippen molar-refractivity contribution in [2.24, 2.45) is 0 Å². The molecule has 0 saturated heterocycles. The lowest BCUT2D eigenvalue weighted by molar-refractivity contribution is 0.392. The van der Waals surface area contributed by atoms with Gasteiger partial charge in [-0.15, -0.1) is 11.8 Å². The minimum Gasteiger partial charge on any atom is -0.496 e. The maximum Gasteiger partial charge on any atom is 0.128 e. The molecule has 0 amide bonds. The van der Waals surface area contributed by atoms with Crippen LogP contribution < -0.4 is 10.1 Å². The van der Waals surface area contributed by atoms with Crippen LogP contribution in [-0.2, 0) is 5.75 Å². The quantitative estimate of drug-likeness (QED) is 0.905. The number of hydrogen-bond donors (Lipinski definition) is 1. The molecule has 1 aromatic rings.